The second kappa shape index (κ2) is 7.43. The molecule has 1 aliphatic heterocycles. The summed E-state index contributed by atoms with van der Waals surface area (Å²) in [7, 11) is 0. The number of likely N-dealkylation sites (tertiary alicyclic amines) is 1. The quantitative estimate of drug-likeness (QED) is 0.698. The number of nitrogens with one attached hydrogen (secondary N) is 1. The smallest absolute Gasteiger partial charge is 0.238 e. The zero-order valence-corrected chi connectivity index (χ0v) is 12.6. The first-order chi connectivity index (χ1) is 10.1. The first-order valence-corrected chi connectivity index (χ1v) is 7.61. The van der Waals surface area contributed by atoms with Crippen molar-refractivity contribution in [3.63, 3.8) is 0 Å². The Morgan fingerprint density at radius 3 is 3.10 bits per heavy atom. The Hall–Kier alpha value is -1.59. The third-order valence-electron chi connectivity index (χ3n) is 4.19. The monoisotopic (exact) mass is 291 g/mol. The Morgan fingerprint density at radius 2 is 2.33 bits per heavy atom. The van der Waals surface area contributed by atoms with Crippen molar-refractivity contribution in [3.05, 3.63) is 23.8 Å². The summed E-state index contributed by atoms with van der Waals surface area (Å²) < 4.78 is 0. The highest BCUT2D eigenvalue weighted by Gasteiger charge is 2.25. The fourth-order valence-electron chi connectivity index (χ4n) is 2.92. The molecule has 1 aromatic carbocycles. The molecular formula is C16H25N3O2. The molecule has 0 saturated carbocycles. The number of aliphatic hydroxyl groups is 1. The molecule has 2 rings (SSSR count). The van der Waals surface area contributed by atoms with Gasteiger partial charge in [-0.2, -0.15) is 0 Å². The van der Waals surface area contributed by atoms with Crippen molar-refractivity contribution in [2.24, 2.45) is 0 Å². The van der Waals surface area contributed by atoms with Crippen LogP contribution in [0.25, 0.3) is 0 Å². The first-order valence-electron chi connectivity index (χ1n) is 7.61. The maximum absolute atomic E-state index is 12.2. The standard InChI is InChI=1S/C16H25N3O2/c1-12-14(17)7-2-8-15(12)18-16(21)11-19-9-3-5-13(19)6-4-10-20/h2,7-8,13,20H,3-6,9-11,17H2,1H3,(H,18,21). The predicted molar refractivity (Wildman–Crippen MR) is 85.1 cm³/mol. The van der Waals surface area contributed by atoms with Crippen molar-refractivity contribution in [1.82, 2.24) is 4.90 Å². The van der Waals surface area contributed by atoms with E-state index in [1.165, 1.54) is 0 Å². The van der Waals surface area contributed by atoms with Gasteiger partial charge in [-0.25, -0.2) is 0 Å². The van der Waals surface area contributed by atoms with Crippen LogP contribution in [0.1, 0.15) is 31.2 Å². The van der Waals surface area contributed by atoms with Gasteiger partial charge in [-0.3, -0.25) is 9.69 Å². The molecule has 1 heterocycles. The summed E-state index contributed by atoms with van der Waals surface area (Å²) in [6.45, 7) is 3.49. The Labute approximate surface area is 126 Å². The van der Waals surface area contributed by atoms with Crippen LogP contribution >= 0.6 is 0 Å². The van der Waals surface area contributed by atoms with Crippen molar-refractivity contribution in [2.45, 2.75) is 38.6 Å². The molecule has 4 N–H and O–H groups in total. The Balaban J connectivity index is 1.90. The Morgan fingerprint density at radius 1 is 1.52 bits per heavy atom. The van der Waals surface area contributed by atoms with Crippen molar-refractivity contribution in [1.29, 1.82) is 0 Å². The largest absolute Gasteiger partial charge is 0.398 e. The molecular weight excluding hydrogens is 266 g/mol. The Kier molecular flexibility index (Phi) is 5.59. The van der Waals surface area contributed by atoms with E-state index in [1.807, 2.05) is 25.1 Å². The number of nitrogens with zero attached hydrogens (tertiary/aromatic N) is 1. The summed E-state index contributed by atoms with van der Waals surface area (Å²) in [5.41, 5.74) is 8.23. The number of aliphatic hydroxyl groups excluding tert-OH is 1. The molecule has 0 bridgehead atoms. The molecule has 1 amide bonds. The predicted octanol–water partition coefficient (Wildman–Crippen LogP) is 1.75. The van der Waals surface area contributed by atoms with E-state index in [0.29, 0.717) is 18.3 Å². The lowest BCUT2D eigenvalue weighted by Crippen LogP contribution is -2.37. The number of amides is 1. The molecule has 1 aliphatic rings. The number of rotatable bonds is 6. The second-order valence-electron chi connectivity index (χ2n) is 5.70. The number of carbonyl (C=O) groups excluding carboxylic acids is 1. The molecule has 1 unspecified atom stereocenters. The average Bonchev–Trinajstić information content (AvgIpc) is 2.88. The minimum atomic E-state index is -0.000372. The molecule has 116 valence electrons. The lowest BCUT2D eigenvalue weighted by Gasteiger charge is -2.23. The number of nitrogen functional groups attached to an aromatic ring is 1. The average molecular weight is 291 g/mol. The fraction of sp³-hybridized carbons (Fsp3) is 0.562. The summed E-state index contributed by atoms with van der Waals surface area (Å²) in [6, 6.07) is 5.97. The molecule has 5 nitrogen and oxygen atoms in total. The van der Waals surface area contributed by atoms with Crippen LogP contribution in [0.5, 0.6) is 0 Å². The molecule has 0 spiro atoms. The van der Waals surface area contributed by atoms with Crippen LogP contribution in [0, 0.1) is 6.92 Å². The summed E-state index contributed by atoms with van der Waals surface area (Å²) in [5, 5.41) is 11.9. The van der Waals surface area contributed by atoms with E-state index in [4.69, 9.17) is 10.8 Å². The fourth-order valence-corrected chi connectivity index (χ4v) is 2.92. The van der Waals surface area contributed by atoms with Gasteiger partial charge in [-0.05, 0) is 56.8 Å². The van der Waals surface area contributed by atoms with Gasteiger partial charge in [0.15, 0.2) is 0 Å². The minimum Gasteiger partial charge on any atom is -0.398 e. The molecule has 1 aromatic rings. The number of benzene rings is 1. The van der Waals surface area contributed by atoms with Gasteiger partial charge < -0.3 is 16.2 Å². The molecule has 1 atom stereocenters. The number of nitrogens with two attached hydrogens (primary N) is 1. The number of hydrogen-bond donors (Lipinski definition) is 3. The van der Waals surface area contributed by atoms with Crippen LogP contribution < -0.4 is 11.1 Å². The van der Waals surface area contributed by atoms with Crippen LogP contribution in [-0.4, -0.2) is 41.7 Å². The van der Waals surface area contributed by atoms with E-state index < -0.39 is 0 Å². The van der Waals surface area contributed by atoms with E-state index in [2.05, 4.69) is 10.2 Å². The highest BCUT2D eigenvalue weighted by molar-refractivity contribution is 5.93. The van der Waals surface area contributed by atoms with Gasteiger partial charge in [-0.15, -0.1) is 0 Å². The lowest BCUT2D eigenvalue weighted by molar-refractivity contribution is -0.117. The molecule has 21 heavy (non-hydrogen) atoms. The molecule has 0 aromatic heterocycles. The highest BCUT2D eigenvalue weighted by atomic mass is 16.3. The van der Waals surface area contributed by atoms with E-state index >= 15 is 0 Å². The molecule has 5 heteroatoms. The molecule has 0 radical (unpaired) electrons. The Bertz CT molecular complexity index is 490. The maximum atomic E-state index is 12.2. The van der Waals surface area contributed by atoms with E-state index in [-0.39, 0.29) is 12.5 Å². The van der Waals surface area contributed by atoms with Crippen LogP contribution in [0.15, 0.2) is 18.2 Å². The topological polar surface area (TPSA) is 78.6 Å². The van der Waals surface area contributed by atoms with Crippen LogP contribution in [0.3, 0.4) is 0 Å². The SMILES string of the molecule is Cc1c(N)cccc1NC(=O)CN1CCCC1CCCO. The van der Waals surface area contributed by atoms with E-state index in [0.717, 1.165) is 43.5 Å². The first kappa shape index (κ1) is 15.8. The van der Waals surface area contributed by atoms with E-state index in [9.17, 15) is 4.79 Å². The number of anilines is 2. The molecule has 1 fully saturated rings. The van der Waals surface area contributed by atoms with Gasteiger partial charge in [0.05, 0.1) is 6.54 Å². The summed E-state index contributed by atoms with van der Waals surface area (Å²) in [4.78, 5) is 14.4. The van der Waals surface area contributed by atoms with Crippen LogP contribution in [-0.2, 0) is 4.79 Å². The van der Waals surface area contributed by atoms with Gasteiger partial charge in [0.1, 0.15) is 0 Å². The third-order valence-corrected chi connectivity index (χ3v) is 4.19. The maximum Gasteiger partial charge on any atom is 0.238 e. The van der Waals surface area contributed by atoms with Crippen molar-refractivity contribution >= 4 is 17.3 Å². The van der Waals surface area contributed by atoms with Gasteiger partial charge in [0.25, 0.3) is 0 Å². The van der Waals surface area contributed by atoms with Crippen LogP contribution in [0.2, 0.25) is 0 Å². The molecule has 1 saturated heterocycles. The van der Waals surface area contributed by atoms with Crippen molar-refractivity contribution < 1.29 is 9.90 Å². The van der Waals surface area contributed by atoms with Gasteiger partial charge in [0, 0.05) is 24.0 Å². The summed E-state index contributed by atoms with van der Waals surface area (Å²) >= 11 is 0. The highest BCUT2D eigenvalue weighted by Crippen LogP contribution is 2.23. The lowest BCUT2D eigenvalue weighted by atomic mass is 10.1. The third kappa shape index (κ3) is 4.19. The zero-order valence-electron chi connectivity index (χ0n) is 12.6. The van der Waals surface area contributed by atoms with E-state index in [1.54, 1.807) is 0 Å². The zero-order chi connectivity index (χ0) is 15.2. The minimum absolute atomic E-state index is 0.000372. The van der Waals surface area contributed by atoms with Gasteiger partial charge >= 0.3 is 0 Å². The van der Waals surface area contributed by atoms with Crippen LogP contribution in [0.4, 0.5) is 11.4 Å². The second-order valence-corrected chi connectivity index (χ2v) is 5.70. The summed E-state index contributed by atoms with van der Waals surface area (Å²) in [5.74, 6) is -0.000372. The number of carbonyl (C=O) groups is 1. The number of hydrogen-bond acceptors (Lipinski definition) is 4. The molecule has 0 aliphatic carbocycles. The van der Waals surface area contributed by atoms with Gasteiger partial charge in [-0.1, -0.05) is 6.07 Å². The van der Waals surface area contributed by atoms with Crippen molar-refractivity contribution in [2.75, 3.05) is 30.7 Å². The normalized spacial score (nSPS) is 18.9. The summed E-state index contributed by atoms with van der Waals surface area (Å²) in [6.07, 6.45) is 4.00. The van der Waals surface area contributed by atoms with Gasteiger partial charge in [0.2, 0.25) is 5.91 Å². The van der Waals surface area contributed by atoms with Crippen molar-refractivity contribution in [3.8, 4) is 0 Å².